The number of nitrogens with zero attached hydrogens (tertiary/aromatic N) is 6. The van der Waals surface area contributed by atoms with Crippen LogP contribution < -0.4 is 34.0 Å². The van der Waals surface area contributed by atoms with Gasteiger partial charge in [-0.2, -0.15) is 10.2 Å². The van der Waals surface area contributed by atoms with Gasteiger partial charge in [-0.3, -0.25) is 9.59 Å². The number of amides is 1. The largest absolute Gasteiger partial charge is 0.497 e. The molecule has 1 N–H and O–H groups in total. The van der Waals surface area contributed by atoms with Gasteiger partial charge in [0.15, 0.2) is 23.0 Å². The van der Waals surface area contributed by atoms with Crippen molar-refractivity contribution in [1.29, 1.82) is 0 Å². The molecule has 1 aliphatic rings. The lowest BCUT2D eigenvalue weighted by molar-refractivity contribution is -0.129. The minimum absolute atomic E-state index is 0.0218. The smallest absolute Gasteiger partial charge is 0.275 e. The predicted molar refractivity (Wildman–Crippen MR) is 227 cm³/mol. The standard InChI is InChI=1S/C29H31ClN4O5.C14H12ClN3O3/c1-17(19-6-9-22(36-3)10-7-19)33-15-21(13-27(33)35)18(2)39-29-28-23(30)14-31-34(28)16-24(32-29)20-8-11-25(37-4)26(12-20)38-5;1-20-11-4-3-8(5-12(11)21-2)10-7-18-13(14(19)17-10)9(15)6-16-18/h6-12,14,16-18,21H,13,15H2,1-5H3;3-7H,1-2H3,(H,17,19)/t17-,18-,21-;/m1./s1. The summed E-state index contributed by atoms with van der Waals surface area (Å²) in [6.45, 7) is 4.58. The Morgan fingerprint density at radius 2 is 1.30 bits per heavy atom. The molecule has 1 aliphatic heterocycles. The number of nitrogens with one attached hydrogen (secondary N) is 1. The highest BCUT2D eigenvalue weighted by atomic mass is 35.5. The topological polar surface area (TPSA) is 156 Å². The molecule has 4 aromatic heterocycles. The second-order valence-corrected chi connectivity index (χ2v) is 14.7. The zero-order chi connectivity index (χ0) is 42.7. The molecule has 0 spiro atoms. The van der Waals surface area contributed by atoms with E-state index in [-0.39, 0.29) is 29.5 Å². The highest BCUT2D eigenvalue weighted by Crippen LogP contribution is 2.37. The van der Waals surface area contributed by atoms with Crippen molar-refractivity contribution in [2.24, 2.45) is 5.92 Å². The number of halogens is 2. The van der Waals surface area contributed by atoms with Crippen molar-refractivity contribution in [2.45, 2.75) is 32.4 Å². The second kappa shape index (κ2) is 17.8. The number of rotatable bonds is 12. The minimum atomic E-state index is -0.301. The van der Waals surface area contributed by atoms with Crippen molar-refractivity contribution >= 4 is 40.1 Å². The van der Waals surface area contributed by atoms with Crippen LogP contribution in [0, 0.1) is 5.92 Å². The maximum absolute atomic E-state index is 13.0. The monoisotopic (exact) mass is 855 g/mol. The molecule has 15 nitrogen and oxygen atoms in total. The summed E-state index contributed by atoms with van der Waals surface area (Å²) in [6.07, 6.45) is 6.57. The Labute approximate surface area is 355 Å². The van der Waals surface area contributed by atoms with E-state index in [2.05, 4.69) is 15.2 Å². The van der Waals surface area contributed by atoms with E-state index >= 15 is 0 Å². The Kier molecular flexibility index (Phi) is 12.4. The van der Waals surface area contributed by atoms with Gasteiger partial charge in [-0.1, -0.05) is 35.3 Å². The first-order valence-electron chi connectivity index (χ1n) is 18.8. The molecule has 0 radical (unpaired) electrons. The number of carbonyl (C=O) groups is 1. The first-order chi connectivity index (χ1) is 29.0. The fourth-order valence-electron chi connectivity index (χ4n) is 7.08. The second-order valence-electron chi connectivity index (χ2n) is 13.9. The normalized spacial score (nSPS) is 14.7. The molecule has 7 aromatic rings. The highest BCUT2D eigenvalue weighted by molar-refractivity contribution is 6.34. The van der Waals surface area contributed by atoms with Crippen LogP contribution in [-0.2, 0) is 4.79 Å². The number of likely N-dealkylation sites (tertiary alicyclic amines) is 1. The first-order valence-corrected chi connectivity index (χ1v) is 19.6. The van der Waals surface area contributed by atoms with E-state index in [4.69, 9.17) is 56.6 Å². The number of benzene rings is 3. The fourth-order valence-corrected chi connectivity index (χ4v) is 7.51. The van der Waals surface area contributed by atoms with Crippen molar-refractivity contribution in [2.75, 3.05) is 42.1 Å². The Morgan fingerprint density at radius 1 is 0.717 bits per heavy atom. The van der Waals surface area contributed by atoms with Crippen LogP contribution >= 0.6 is 23.2 Å². The molecular weight excluding hydrogens is 813 g/mol. The molecule has 8 rings (SSSR count). The third kappa shape index (κ3) is 8.36. The van der Waals surface area contributed by atoms with E-state index in [0.717, 1.165) is 22.4 Å². The molecular formula is C43H43Cl2N7O8. The van der Waals surface area contributed by atoms with Crippen LogP contribution in [0.2, 0.25) is 10.0 Å². The Morgan fingerprint density at radius 3 is 1.92 bits per heavy atom. The van der Waals surface area contributed by atoms with Gasteiger partial charge in [-0.05, 0) is 67.9 Å². The lowest BCUT2D eigenvalue weighted by Gasteiger charge is -2.26. The average Bonchev–Trinajstić information content (AvgIpc) is 3.98. The van der Waals surface area contributed by atoms with Crippen molar-refractivity contribution in [3.8, 4) is 57.1 Å². The van der Waals surface area contributed by atoms with Crippen LogP contribution in [0.15, 0.2) is 90.2 Å². The van der Waals surface area contributed by atoms with Crippen LogP contribution in [0.1, 0.15) is 31.9 Å². The van der Waals surface area contributed by atoms with Gasteiger partial charge in [-0.15, -0.1) is 0 Å². The number of H-pyrrole nitrogens is 1. The molecule has 0 unspecified atom stereocenters. The summed E-state index contributed by atoms with van der Waals surface area (Å²) in [5.41, 5.74) is 4.45. The van der Waals surface area contributed by atoms with Crippen molar-refractivity contribution in [3.05, 3.63) is 111 Å². The number of aromatic nitrogens is 6. The molecule has 5 heterocycles. The number of methoxy groups -OCH3 is 5. The van der Waals surface area contributed by atoms with Gasteiger partial charge >= 0.3 is 0 Å². The number of ether oxygens (including phenoxy) is 6. The van der Waals surface area contributed by atoms with Gasteiger partial charge < -0.3 is 38.3 Å². The molecule has 60 heavy (non-hydrogen) atoms. The minimum Gasteiger partial charge on any atom is -0.497 e. The highest BCUT2D eigenvalue weighted by Gasteiger charge is 2.37. The SMILES string of the molecule is COc1ccc(-c2cn3ncc(Cl)c3c(=O)[nH]2)cc1OC.COc1ccc([C@@H](C)N2C[C@H]([C@@H](C)Oc3nc(-c4ccc(OC)c(OC)c4)cn4ncc(Cl)c34)CC2=O)cc1. The van der Waals surface area contributed by atoms with Crippen LogP contribution in [0.25, 0.3) is 33.5 Å². The Balaban J connectivity index is 0.000000218. The molecule has 1 amide bonds. The number of fused-ring (bicyclic) bond motifs is 2. The fraction of sp³-hybridized carbons (Fsp3) is 0.279. The van der Waals surface area contributed by atoms with Gasteiger partial charge in [0.2, 0.25) is 11.8 Å². The third-order valence-electron chi connectivity index (χ3n) is 10.5. The summed E-state index contributed by atoms with van der Waals surface area (Å²) in [5, 5.41) is 9.17. The van der Waals surface area contributed by atoms with E-state index < -0.39 is 0 Å². The zero-order valence-electron chi connectivity index (χ0n) is 33.9. The molecule has 3 aromatic carbocycles. The molecule has 3 atom stereocenters. The lowest BCUT2D eigenvalue weighted by Crippen LogP contribution is -2.31. The van der Waals surface area contributed by atoms with E-state index in [0.29, 0.717) is 74.3 Å². The maximum atomic E-state index is 13.0. The number of aromatic amines is 1. The average molecular weight is 857 g/mol. The van der Waals surface area contributed by atoms with Crippen LogP contribution in [0.4, 0.5) is 0 Å². The number of carbonyl (C=O) groups excluding carboxylic acids is 1. The molecule has 0 saturated carbocycles. The summed E-state index contributed by atoms with van der Waals surface area (Å²) in [4.78, 5) is 34.6. The van der Waals surface area contributed by atoms with E-state index in [1.165, 1.54) is 10.7 Å². The van der Waals surface area contributed by atoms with E-state index in [1.807, 2.05) is 67.3 Å². The van der Waals surface area contributed by atoms with Crippen molar-refractivity contribution in [1.82, 2.24) is 34.1 Å². The van der Waals surface area contributed by atoms with Gasteiger partial charge in [-0.25, -0.2) is 14.0 Å². The predicted octanol–water partition coefficient (Wildman–Crippen LogP) is 7.81. The molecule has 0 aliphatic carbocycles. The molecule has 1 fully saturated rings. The van der Waals surface area contributed by atoms with Crippen molar-refractivity contribution in [3.63, 3.8) is 0 Å². The summed E-state index contributed by atoms with van der Waals surface area (Å²) in [6, 6.07) is 18.7. The van der Waals surface area contributed by atoms with Crippen LogP contribution in [-0.4, -0.2) is 88.2 Å². The summed E-state index contributed by atoms with van der Waals surface area (Å²) in [5.74, 6) is 3.61. The Hall–Kier alpha value is -6.45. The molecule has 0 bridgehead atoms. The van der Waals surface area contributed by atoms with Gasteiger partial charge in [0, 0.05) is 30.0 Å². The molecule has 1 saturated heterocycles. The van der Waals surface area contributed by atoms with E-state index in [9.17, 15) is 9.59 Å². The summed E-state index contributed by atoms with van der Waals surface area (Å²) >= 11 is 12.4. The molecule has 312 valence electrons. The first kappa shape index (κ1) is 41.7. The number of hydrogen-bond acceptors (Lipinski definition) is 11. The lowest BCUT2D eigenvalue weighted by atomic mass is 10.0. The van der Waals surface area contributed by atoms with Crippen LogP contribution in [0.5, 0.6) is 34.6 Å². The van der Waals surface area contributed by atoms with Crippen LogP contribution in [0.3, 0.4) is 0 Å². The summed E-state index contributed by atoms with van der Waals surface area (Å²) < 4.78 is 36.1. The third-order valence-corrected chi connectivity index (χ3v) is 11.0. The molecule has 17 heteroatoms. The van der Waals surface area contributed by atoms with Gasteiger partial charge in [0.05, 0.1) is 87.8 Å². The number of hydrogen-bond donors (Lipinski definition) is 1. The van der Waals surface area contributed by atoms with Crippen molar-refractivity contribution < 1.29 is 33.2 Å². The van der Waals surface area contributed by atoms with Gasteiger partial charge in [0.1, 0.15) is 22.9 Å². The zero-order valence-corrected chi connectivity index (χ0v) is 35.4. The van der Waals surface area contributed by atoms with Gasteiger partial charge in [0.25, 0.3) is 5.56 Å². The summed E-state index contributed by atoms with van der Waals surface area (Å²) in [7, 11) is 7.94. The maximum Gasteiger partial charge on any atom is 0.275 e. The quantitative estimate of drug-likeness (QED) is 0.128. The Bertz CT molecular complexity index is 2720. The van der Waals surface area contributed by atoms with E-state index in [1.54, 1.807) is 70.8 Å².